The number of amides is 1. The Balaban J connectivity index is 1.38. The van der Waals surface area contributed by atoms with E-state index in [1.807, 2.05) is 45.0 Å². The fraction of sp³-hybridized carbons (Fsp3) is 0.400. The van der Waals surface area contributed by atoms with Crippen LogP contribution in [0.2, 0.25) is 0 Å². The lowest BCUT2D eigenvalue weighted by Crippen LogP contribution is -2.49. The van der Waals surface area contributed by atoms with Crippen LogP contribution in [0.1, 0.15) is 16.8 Å². The molecule has 1 N–H and O–H groups in total. The van der Waals surface area contributed by atoms with Crippen LogP contribution in [0.4, 0.5) is 11.5 Å². The van der Waals surface area contributed by atoms with Gasteiger partial charge < -0.3 is 10.2 Å². The molecule has 8 heteroatoms. The fourth-order valence-corrected chi connectivity index (χ4v) is 3.67. The molecule has 0 spiro atoms. The minimum Gasteiger partial charge on any atom is -0.354 e. The van der Waals surface area contributed by atoms with Gasteiger partial charge in [-0.05, 0) is 31.9 Å². The SMILES string of the molecule is Cc1cc(N2CCN(CC(=O)Nc3c(C)cccc3C)CC2)n2ncnc2n1. The summed E-state index contributed by atoms with van der Waals surface area (Å²) in [6.45, 7) is 9.69. The van der Waals surface area contributed by atoms with Crippen molar-refractivity contribution >= 4 is 23.2 Å². The second-order valence-electron chi connectivity index (χ2n) is 7.31. The Morgan fingerprint density at radius 2 is 1.82 bits per heavy atom. The van der Waals surface area contributed by atoms with Gasteiger partial charge in [0.2, 0.25) is 5.91 Å². The normalized spacial score (nSPS) is 15.2. The lowest BCUT2D eigenvalue weighted by molar-refractivity contribution is -0.117. The van der Waals surface area contributed by atoms with Gasteiger partial charge in [-0.2, -0.15) is 14.6 Å². The first-order valence-corrected chi connectivity index (χ1v) is 9.52. The Morgan fingerprint density at radius 3 is 2.54 bits per heavy atom. The van der Waals surface area contributed by atoms with Gasteiger partial charge in [-0.15, -0.1) is 0 Å². The summed E-state index contributed by atoms with van der Waals surface area (Å²) >= 11 is 0. The molecule has 0 radical (unpaired) electrons. The molecule has 1 fully saturated rings. The van der Waals surface area contributed by atoms with E-state index in [1.165, 1.54) is 6.33 Å². The molecule has 1 saturated heterocycles. The molecule has 8 nitrogen and oxygen atoms in total. The van der Waals surface area contributed by atoms with E-state index in [2.05, 4.69) is 30.2 Å². The van der Waals surface area contributed by atoms with Crippen molar-refractivity contribution in [3.8, 4) is 0 Å². The van der Waals surface area contributed by atoms with Gasteiger partial charge in [0.25, 0.3) is 5.78 Å². The first-order chi connectivity index (χ1) is 13.5. The Hall–Kier alpha value is -3.00. The van der Waals surface area contributed by atoms with Crippen LogP contribution < -0.4 is 10.2 Å². The molecular formula is C20H25N7O. The van der Waals surface area contributed by atoms with Crippen molar-refractivity contribution in [1.82, 2.24) is 24.5 Å². The number of nitrogens with zero attached hydrogens (tertiary/aromatic N) is 6. The number of carbonyl (C=O) groups is 1. The molecular weight excluding hydrogens is 354 g/mol. The van der Waals surface area contributed by atoms with E-state index >= 15 is 0 Å². The molecule has 1 amide bonds. The van der Waals surface area contributed by atoms with Crippen LogP contribution in [0.15, 0.2) is 30.6 Å². The average molecular weight is 379 g/mol. The molecule has 28 heavy (non-hydrogen) atoms. The summed E-state index contributed by atoms with van der Waals surface area (Å²) in [5, 5.41) is 7.36. The monoisotopic (exact) mass is 379 g/mol. The van der Waals surface area contributed by atoms with Gasteiger partial charge in [0.05, 0.1) is 6.54 Å². The first-order valence-electron chi connectivity index (χ1n) is 9.52. The highest BCUT2D eigenvalue weighted by atomic mass is 16.2. The van der Waals surface area contributed by atoms with E-state index in [9.17, 15) is 4.79 Å². The van der Waals surface area contributed by atoms with Gasteiger partial charge in [0, 0.05) is 43.6 Å². The van der Waals surface area contributed by atoms with E-state index in [1.54, 1.807) is 4.52 Å². The highest BCUT2D eigenvalue weighted by Crippen LogP contribution is 2.20. The molecule has 4 rings (SSSR count). The largest absolute Gasteiger partial charge is 0.354 e. The average Bonchev–Trinajstić information content (AvgIpc) is 3.13. The first kappa shape index (κ1) is 18.4. The predicted molar refractivity (Wildman–Crippen MR) is 109 cm³/mol. The van der Waals surface area contributed by atoms with Gasteiger partial charge in [-0.25, -0.2) is 4.98 Å². The summed E-state index contributed by atoms with van der Waals surface area (Å²) in [7, 11) is 0. The maximum Gasteiger partial charge on any atom is 0.254 e. The summed E-state index contributed by atoms with van der Waals surface area (Å²) in [5.74, 6) is 1.65. The van der Waals surface area contributed by atoms with Gasteiger partial charge in [0.15, 0.2) is 0 Å². The number of aromatic nitrogens is 4. The summed E-state index contributed by atoms with van der Waals surface area (Å²) in [6.07, 6.45) is 1.53. The number of carbonyl (C=O) groups excluding carboxylic acids is 1. The topological polar surface area (TPSA) is 78.7 Å². The summed E-state index contributed by atoms with van der Waals surface area (Å²) in [5.41, 5.74) is 4.02. The molecule has 0 bridgehead atoms. The number of anilines is 2. The second-order valence-corrected chi connectivity index (χ2v) is 7.31. The predicted octanol–water partition coefficient (Wildman–Crippen LogP) is 1.81. The standard InChI is InChI=1S/C20H25N7O/c1-14-5-4-6-15(2)19(14)24-17(28)12-25-7-9-26(10-8-25)18-11-16(3)23-20-21-13-22-27(18)20/h4-6,11,13H,7-10,12H2,1-3H3,(H,24,28). The van der Waals surface area contributed by atoms with Crippen molar-refractivity contribution in [1.29, 1.82) is 0 Å². The van der Waals surface area contributed by atoms with Crippen LogP contribution >= 0.6 is 0 Å². The van der Waals surface area contributed by atoms with Crippen molar-refractivity contribution in [2.45, 2.75) is 20.8 Å². The van der Waals surface area contributed by atoms with Crippen LogP contribution in [0, 0.1) is 20.8 Å². The zero-order valence-electron chi connectivity index (χ0n) is 16.5. The number of hydrogen-bond acceptors (Lipinski definition) is 6. The number of fused-ring (bicyclic) bond motifs is 1. The number of hydrogen-bond donors (Lipinski definition) is 1. The molecule has 146 valence electrons. The van der Waals surface area contributed by atoms with Gasteiger partial charge in [-0.3, -0.25) is 9.69 Å². The Kier molecular flexibility index (Phi) is 4.95. The maximum absolute atomic E-state index is 12.5. The fourth-order valence-electron chi connectivity index (χ4n) is 3.67. The van der Waals surface area contributed by atoms with Crippen LogP contribution in [-0.2, 0) is 4.79 Å². The number of benzene rings is 1. The zero-order chi connectivity index (χ0) is 19.7. The summed E-state index contributed by atoms with van der Waals surface area (Å²) in [4.78, 5) is 25.6. The van der Waals surface area contributed by atoms with Crippen LogP contribution in [0.3, 0.4) is 0 Å². The van der Waals surface area contributed by atoms with Crippen molar-refractivity contribution < 1.29 is 4.79 Å². The molecule has 2 aromatic heterocycles. The van der Waals surface area contributed by atoms with Crippen molar-refractivity contribution in [3.05, 3.63) is 47.4 Å². The Morgan fingerprint density at radius 1 is 1.11 bits per heavy atom. The van der Waals surface area contributed by atoms with Crippen LogP contribution in [-0.4, -0.2) is 63.1 Å². The van der Waals surface area contributed by atoms with Crippen molar-refractivity contribution in [3.63, 3.8) is 0 Å². The van der Waals surface area contributed by atoms with Gasteiger partial charge >= 0.3 is 0 Å². The van der Waals surface area contributed by atoms with E-state index in [0.717, 1.165) is 54.5 Å². The molecule has 0 aliphatic carbocycles. The van der Waals surface area contributed by atoms with E-state index in [-0.39, 0.29) is 5.91 Å². The molecule has 1 aliphatic heterocycles. The lowest BCUT2D eigenvalue weighted by Gasteiger charge is -2.35. The van der Waals surface area contributed by atoms with Crippen LogP contribution in [0.25, 0.3) is 5.78 Å². The highest BCUT2D eigenvalue weighted by Gasteiger charge is 2.22. The minimum absolute atomic E-state index is 0.0317. The molecule has 0 saturated carbocycles. The molecule has 0 unspecified atom stereocenters. The van der Waals surface area contributed by atoms with Crippen molar-refractivity contribution in [2.24, 2.45) is 0 Å². The van der Waals surface area contributed by atoms with Crippen molar-refractivity contribution in [2.75, 3.05) is 42.9 Å². The molecule has 3 aromatic rings. The van der Waals surface area contributed by atoms with E-state index in [0.29, 0.717) is 12.3 Å². The molecule has 0 atom stereocenters. The maximum atomic E-state index is 12.5. The third kappa shape index (κ3) is 3.68. The lowest BCUT2D eigenvalue weighted by atomic mass is 10.1. The Bertz CT molecular complexity index is 985. The number of para-hydroxylation sites is 1. The van der Waals surface area contributed by atoms with E-state index < -0.39 is 0 Å². The quantitative estimate of drug-likeness (QED) is 0.745. The molecule has 1 aromatic carbocycles. The molecule has 1 aliphatic rings. The number of rotatable bonds is 4. The number of piperazine rings is 1. The third-order valence-corrected chi connectivity index (χ3v) is 5.17. The van der Waals surface area contributed by atoms with Crippen LogP contribution in [0.5, 0.6) is 0 Å². The Labute approximate surface area is 164 Å². The summed E-state index contributed by atoms with van der Waals surface area (Å²) in [6, 6.07) is 8.07. The number of aryl methyl sites for hydroxylation is 3. The summed E-state index contributed by atoms with van der Waals surface area (Å²) < 4.78 is 1.77. The second kappa shape index (κ2) is 7.55. The third-order valence-electron chi connectivity index (χ3n) is 5.17. The smallest absolute Gasteiger partial charge is 0.254 e. The van der Waals surface area contributed by atoms with Gasteiger partial charge in [-0.1, -0.05) is 18.2 Å². The highest BCUT2D eigenvalue weighted by molar-refractivity contribution is 5.93. The minimum atomic E-state index is 0.0317. The number of nitrogens with one attached hydrogen (secondary N) is 1. The van der Waals surface area contributed by atoms with E-state index in [4.69, 9.17) is 0 Å². The van der Waals surface area contributed by atoms with Gasteiger partial charge in [0.1, 0.15) is 12.1 Å². The zero-order valence-corrected chi connectivity index (χ0v) is 16.5. The molecule has 3 heterocycles.